The van der Waals surface area contributed by atoms with Gasteiger partial charge in [-0.25, -0.2) is 4.79 Å². The van der Waals surface area contributed by atoms with Crippen molar-refractivity contribution in [3.05, 3.63) is 53.9 Å². The van der Waals surface area contributed by atoms with Crippen molar-refractivity contribution in [3.63, 3.8) is 0 Å². The van der Waals surface area contributed by atoms with Crippen LogP contribution in [-0.2, 0) is 0 Å². The minimum Gasteiger partial charge on any atom is -0.322 e. The molecule has 0 aromatic heterocycles. The average molecular weight is 242 g/mol. The molecule has 3 heteroatoms. The van der Waals surface area contributed by atoms with Crippen LogP contribution < -0.4 is 0 Å². The predicted molar refractivity (Wildman–Crippen MR) is 72.0 cm³/mol. The van der Waals surface area contributed by atoms with E-state index >= 15 is 0 Å². The van der Waals surface area contributed by atoms with Gasteiger partial charge in [-0.15, -0.1) is 5.73 Å². The molecule has 3 nitrogen and oxygen atoms in total. The molecular weight excluding hydrogens is 224 g/mol. The van der Waals surface area contributed by atoms with Gasteiger partial charge in [0.15, 0.2) is 0 Å². The molecule has 1 fully saturated rings. The molecule has 18 heavy (non-hydrogen) atoms. The maximum Gasteiger partial charge on any atom is 0.325 e. The Morgan fingerprint density at radius 3 is 2.50 bits per heavy atom. The van der Waals surface area contributed by atoms with Crippen LogP contribution >= 0.6 is 0 Å². The molecule has 94 valence electrons. The normalized spacial score (nSPS) is 23.2. The fraction of sp³-hybridized carbons (Fsp3) is 0.333. The molecule has 2 atom stereocenters. The molecule has 0 aliphatic carbocycles. The number of amides is 2. The first kappa shape index (κ1) is 12.5. The van der Waals surface area contributed by atoms with Gasteiger partial charge in [0.2, 0.25) is 0 Å². The molecule has 1 heterocycles. The van der Waals surface area contributed by atoms with Gasteiger partial charge in [0.05, 0.1) is 17.8 Å². The fourth-order valence-corrected chi connectivity index (χ4v) is 2.41. The van der Waals surface area contributed by atoms with Crippen molar-refractivity contribution in [3.8, 4) is 0 Å². The largest absolute Gasteiger partial charge is 0.325 e. The predicted octanol–water partition coefficient (Wildman–Crippen LogP) is 3.17. The summed E-state index contributed by atoms with van der Waals surface area (Å²) in [4.78, 5) is 15.8. The Kier molecular flexibility index (Phi) is 3.26. The summed E-state index contributed by atoms with van der Waals surface area (Å²) in [6.45, 7) is 7.57. The second-order valence-electron chi connectivity index (χ2n) is 4.62. The summed E-state index contributed by atoms with van der Waals surface area (Å²) in [5.41, 5.74) is 4.73. The molecular formula is C15H18N2O. The Morgan fingerprint density at radius 2 is 1.94 bits per heavy atom. The van der Waals surface area contributed by atoms with Crippen molar-refractivity contribution in [1.82, 2.24) is 9.80 Å². The molecule has 1 aromatic rings. The monoisotopic (exact) mass is 242 g/mol. The van der Waals surface area contributed by atoms with Crippen molar-refractivity contribution < 1.29 is 4.79 Å². The van der Waals surface area contributed by atoms with E-state index in [2.05, 4.69) is 31.4 Å². The van der Waals surface area contributed by atoms with Gasteiger partial charge in [-0.3, -0.25) is 4.90 Å². The first-order chi connectivity index (χ1) is 8.57. The summed E-state index contributed by atoms with van der Waals surface area (Å²) >= 11 is 0. The van der Waals surface area contributed by atoms with Gasteiger partial charge in [0.25, 0.3) is 0 Å². The second kappa shape index (κ2) is 4.71. The second-order valence-corrected chi connectivity index (χ2v) is 4.62. The van der Waals surface area contributed by atoms with Gasteiger partial charge < -0.3 is 4.90 Å². The molecule has 0 unspecified atom stereocenters. The summed E-state index contributed by atoms with van der Waals surface area (Å²) < 4.78 is 0. The summed E-state index contributed by atoms with van der Waals surface area (Å²) in [7, 11) is 1.83. The average Bonchev–Trinajstić information content (AvgIpc) is 2.63. The number of nitrogens with zero attached hydrogens (tertiary/aromatic N) is 2. The lowest BCUT2D eigenvalue weighted by molar-refractivity contribution is 0.202. The molecule has 2 rings (SSSR count). The maximum absolute atomic E-state index is 12.3. The number of carbonyl (C=O) groups is 1. The number of hydrogen-bond acceptors (Lipinski definition) is 1. The quantitative estimate of drug-likeness (QED) is 0.731. The zero-order valence-electron chi connectivity index (χ0n) is 11.1. The lowest BCUT2D eigenvalue weighted by Gasteiger charge is -2.25. The maximum atomic E-state index is 12.3. The Balaban J connectivity index is 2.49. The molecule has 1 aliphatic rings. The van der Waals surface area contributed by atoms with Crippen LogP contribution in [0.3, 0.4) is 0 Å². The van der Waals surface area contributed by atoms with Crippen LogP contribution in [0, 0.1) is 0 Å². The number of rotatable bonds is 2. The Morgan fingerprint density at radius 1 is 1.33 bits per heavy atom. The number of likely N-dealkylation sites (N-methyl/N-ethyl adjacent to an activating group) is 1. The molecule has 0 N–H and O–H groups in total. The molecule has 0 saturated carbocycles. The number of urea groups is 1. The third kappa shape index (κ3) is 1.83. The van der Waals surface area contributed by atoms with Crippen LogP contribution in [0.15, 0.2) is 48.3 Å². The minimum absolute atomic E-state index is 0.00463. The van der Waals surface area contributed by atoms with E-state index < -0.39 is 0 Å². The molecule has 1 aliphatic heterocycles. The summed E-state index contributed by atoms with van der Waals surface area (Å²) in [5, 5.41) is 0. The van der Waals surface area contributed by atoms with Crippen molar-refractivity contribution in [1.29, 1.82) is 0 Å². The van der Waals surface area contributed by atoms with E-state index in [4.69, 9.17) is 0 Å². The molecule has 0 spiro atoms. The number of benzene rings is 1. The van der Waals surface area contributed by atoms with Crippen LogP contribution in [0.4, 0.5) is 4.79 Å². The standard InChI is InChI=1S/C15H18N2O/c1-5-11(2)17-14(12(3)16(4)15(17)18)13-9-7-6-8-10-13/h6-10,12,14H,1H2,2-4H3/t12-,14-/m0/s1. The van der Waals surface area contributed by atoms with E-state index in [1.54, 1.807) is 9.80 Å². The third-order valence-electron chi connectivity index (χ3n) is 3.61. The highest BCUT2D eigenvalue weighted by Gasteiger charge is 2.42. The van der Waals surface area contributed by atoms with Gasteiger partial charge in [0.1, 0.15) is 0 Å². The van der Waals surface area contributed by atoms with Crippen molar-refractivity contribution >= 4 is 6.03 Å². The highest BCUT2D eigenvalue weighted by Crippen LogP contribution is 2.36. The lowest BCUT2D eigenvalue weighted by Crippen LogP contribution is -2.29. The molecule has 2 amide bonds. The Bertz CT molecular complexity index is 502. The zero-order chi connectivity index (χ0) is 13.3. The molecule has 1 saturated heterocycles. The van der Waals surface area contributed by atoms with E-state index in [1.165, 1.54) is 0 Å². The zero-order valence-corrected chi connectivity index (χ0v) is 11.1. The van der Waals surface area contributed by atoms with Crippen molar-refractivity contribution in [2.24, 2.45) is 0 Å². The van der Waals surface area contributed by atoms with Crippen LogP contribution in [0.2, 0.25) is 0 Å². The van der Waals surface area contributed by atoms with Crippen LogP contribution in [-0.4, -0.2) is 28.9 Å². The van der Waals surface area contributed by atoms with Crippen molar-refractivity contribution in [2.75, 3.05) is 7.05 Å². The lowest BCUT2D eigenvalue weighted by atomic mass is 10.00. The number of carbonyl (C=O) groups excluding carboxylic acids is 1. The Hall–Kier alpha value is -1.99. The van der Waals surface area contributed by atoms with Gasteiger partial charge in [0, 0.05) is 7.05 Å². The first-order valence-electron chi connectivity index (χ1n) is 6.05. The van der Waals surface area contributed by atoms with Crippen LogP contribution in [0.1, 0.15) is 25.5 Å². The molecule has 1 aromatic carbocycles. The summed E-state index contributed by atoms with van der Waals surface area (Å²) in [6.07, 6.45) is 0. The smallest absolute Gasteiger partial charge is 0.322 e. The fourth-order valence-electron chi connectivity index (χ4n) is 2.41. The van der Waals surface area contributed by atoms with Gasteiger partial charge in [-0.2, -0.15) is 0 Å². The van der Waals surface area contributed by atoms with Crippen molar-refractivity contribution in [2.45, 2.75) is 25.9 Å². The topological polar surface area (TPSA) is 23.6 Å². The van der Waals surface area contributed by atoms with Gasteiger partial charge in [-0.1, -0.05) is 36.9 Å². The minimum atomic E-state index is 0.00463. The summed E-state index contributed by atoms with van der Waals surface area (Å²) in [6, 6.07) is 10.2. The molecule has 0 radical (unpaired) electrons. The van der Waals surface area contributed by atoms with E-state index in [1.807, 2.05) is 32.2 Å². The van der Waals surface area contributed by atoms with E-state index in [9.17, 15) is 4.79 Å². The van der Waals surface area contributed by atoms with E-state index in [-0.39, 0.29) is 18.1 Å². The number of hydrogen-bond donors (Lipinski definition) is 0. The van der Waals surface area contributed by atoms with E-state index in [0.717, 1.165) is 11.3 Å². The van der Waals surface area contributed by atoms with Crippen LogP contribution in [0.5, 0.6) is 0 Å². The Labute approximate surface area is 108 Å². The number of allylic oxidation sites excluding steroid dienone is 1. The van der Waals surface area contributed by atoms with Crippen LogP contribution in [0.25, 0.3) is 0 Å². The highest BCUT2D eigenvalue weighted by atomic mass is 16.2. The van der Waals surface area contributed by atoms with Gasteiger partial charge in [-0.05, 0) is 19.4 Å². The highest BCUT2D eigenvalue weighted by molar-refractivity contribution is 5.79. The molecule has 0 bridgehead atoms. The first-order valence-corrected chi connectivity index (χ1v) is 6.05. The summed E-state index contributed by atoms with van der Waals surface area (Å²) in [5.74, 6) is 0. The van der Waals surface area contributed by atoms with Gasteiger partial charge >= 0.3 is 6.03 Å². The van der Waals surface area contributed by atoms with E-state index in [0.29, 0.717) is 0 Å². The third-order valence-corrected chi connectivity index (χ3v) is 3.61. The SMILES string of the molecule is C=C=C(C)N1C(=O)N(C)[C@@H](C)[C@H]1c1ccccc1.